The van der Waals surface area contributed by atoms with Crippen molar-refractivity contribution in [3.05, 3.63) is 71.3 Å². The zero-order valence-electron chi connectivity index (χ0n) is 17.9. The molecule has 7 nitrogen and oxygen atoms in total. The first kappa shape index (κ1) is 22.0. The topological polar surface area (TPSA) is 93.7 Å². The van der Waals surface area contributed by atoms with Gasteiger partial charge in [-0.05, 0) is 62.1 Å². The Hall–Kier alpha value is -3.19. The monoisotopic (exact) mass is 451 g/mol. The summed E-state index contributed by atoms with van der Waals surface area (Å²) in [4.78, 5) is 28.6. The van der Waals surface area contributed by atoms with Crippen molar-refractivity contribution in [2.24, 2.45) is 22.6 Å². The van der Waals surface area contributed by atoms with Gasteiger partial charge in [-0.25, -0.2) is 9.97 Å². The third-order valence-electron chi connectivity index (χ3n) is 5.88. The summed E-state index contributed by atoms with van der Waals surface area (Å²) >= 11 is 5.91. The number of aryl methyl sites for hydroxylation is 1. The standard InChI is InChI=1S/C24H26ClN5O2/c1-15-4-6-21(16(2)27-9-3-8-26)23(29-15)24(31)30-13-18-10-17(18)11-20(30)14-32-22-7-5-19(25)12-28-22/h3-9,12,17-18,20H,2,10-11,13-14,26H2,1H3/b8-3-,27-9-/t17-,18+,20+/m1/s1. The molecule has 1 aliphatic carbocycles. The van der Waals surface area contributed by atoms with Gasteiger partial charge in [0.05, 0.1) is 16.8 Å². The second kappa shape index (κ2) is 9.53. The molecule has 1 aliphatic heterocycles. The van der Waals surface area contributed by atoms with Gasteiger partial charge in [0.25, 0.3) is 5.91 Å². The molecule has 166 valence electrons. The number of amides is 1. The number of hydrogen-bond donors (Lipinski definition) is 1. The fourth-order valence-corrected chi connectivity index (χ4v) is 4.19. The van der Waals surface area contributed by atoms with Gasteiger partial charge in [-0.3, -0.25) is 9.79 Å². The van der Waals surface area contributed by atoms with E-state index in [9.17, 15) is 4.79 Å². The lowest BCUT2D eigenvalue weighted by molar-refractivity contribution is 0.0502. The molecule has 0 bridgehead atoms. The molecule has 1 saturated carbocycles. The van der Waals surface area contributed by atoms with Crippen molar-refractivity contribution in [2.45, 2.75) is 25.8 Å². The predicted molar refractivity (Wildman–Crippen MR) is 126 cm³/mol. The number of hydrogen-bond acceptors (Lipinski definition) is 6. The highest BCUT2D eigenvalue weighted by atomic mass is 35.5. The summed E-state index contributed by atoms with van der Waals surface area (Å²) in [6, 6.07) is 7.10. The zero-order valence-corrected chi connectivity index (χ0v) is 18.7. The lowest BCUT2D eigenvalue weighted by Gasteiger charge is -2.35. The normalized spacial score (nSPS) is 22.2. The van der Waals surface area contributed by atoms with Gasteiger partial charge in [-0.15, -0.1) is 0 Å². The fraction of sp³-hybridized carbons (Fsp3) is 0.333. The highest BCUT2D eigenvalue weighted by Gasteiger charge is 2.47. The van der Waals surface area contributed by atoms with Crippen LogP contribution in [0.2, 0.25) is 5.02 Å². The number of aromatic nitrogens is 2. The van der Waals surface area contributed by atoms with Gasteiger partial charge in [0.1, 0.15) is 12.3 Å². The van der Waals surface area contributed by atoms with E-state index in [1.807, 2.05) is 24.0 Å². The Morgan fingerprint density at radius 1 is 1.34 bits per heavy atom. The third-order valence-corrected chi connectivity index (χ3v) is 6.10. The largest absolute Gasteiger partial charge is 0.475 e. The molecule has 0 spiro atoms. The molecule has 1 amide bonds. The smallest absolute Gasteiger partial charge is 0.273 e. The third kappa shape index (κ3) is 4.99. The molecule has 32 heavy (non-hydrogen) atoms. The second-order valence-corrected chi connectivity index (χ2v) is 8.62. The average Bonchev–Trinajstić information content (AvgIpc) is 3.56. The first-order valence-electron chi connectivity index (χ1n) is 10.6. The van der Waals surface area contributed by atoms with E-state index in [0.29, 0.717) is 52.8 Å². The summed E-state index contributed by atoms with van der Waals surface area (Å²) in [5.74, 6) is 1.56. The van der Waals surface area contributed by atoms with Gasteiger partial charge in [-0.1, -0.05) is 18.2 Å². The molecule has 0 unspecified atom stereocenters. The Morgan fingerprint density at radius 2 is 2.19 bits per heavy atom. The minimum absolute atomic E-state index is 0.0594. The van der Waals surface area contributed by atoms with E-state index in [0.717, 1.165) is 18.5 Å². The summed E-state index contributed by atoms with van der Waals surface area (Å²) in [5, 5.41) is 0.551. The van der Waals surface area contributed by atoms with Gasteiger partial charge >= 0.3 is 0 Å². The molecule has 3 atom stereocenters. The number of halogens is 1. The van der Waals surface area contributed by atoms with Crippen LogP contribution in [0.1, 0.15) is 34.6 Å². The van der Waals surface area contributed by atoms with Crippen molar-refractivity contribution in [1.82, 2.24) is 14.9 Å². The first-order chi connectivity index (χ1) is 15.5. The summed E-state index contributed by atoms with van der Waals surface area (Å²) in [5.41, 5.74) is 7.55. The number of likely N-dealkylation sites (tertiary alicyclic amines) is 1. The number of carbonyl (C=O) groups is 1. The van der Waals surface area contributed by atoms with Crippen LogP contribution in [-0.4, -0.2) is 46.2 Å². The minimum Gasteiger partial charge on any atom is -0.475 e. The van der Waals surface area contributed by atoms with Gasteiger partial charge in [0.2, 0.25) is 5.88 Å². The number of ether oxygens (including phenoxy) is 1. The highest BCUT2D eigenvalue weighted by molar-refractivity contribution is 6.30. The summed E-state index contributed by atoms with van der Waals surface area (Å²) in [6.07, 6.45) is 8.14. The number of nitrogens with zero attached hydrogens (tertiary/aromatic N) is 4. The van der Waals surface area contributed by atoms with Crippen LogP contribution in [0.25, 0.3) is 5.70 Å². The lowest BCUT2D eigenvalue weighted by atomic mass is 10.0. The first-order valence-corrected chi connectivity index (χ1v) is 11.0. The SMILES string of the molecule is C=C(/N=C\C=C/N)c1ccc(C)nc1C(=O)N1C[C@@H]2C[C@@H]2C[C@H]1COc1ccc(Cl)cn1. The molecule has 0 radical (unpaired) electrons. The Kier molecular flexibility index (Phi) is 6.55. The van der Waals surface area contributed by atoms with Crippen LogP contribution >= 0.6 is 11.6 Å². The summed E-state index contributed by atoms with van der Waals surface area (Å²) < 4.78 is 5.91. The molecule has 2 fully saturated rings. The maximum absolute atomic E-state index is 13.7. The molecule has 2 N–H and O–H groups in total. The zero-order chi connectivity index (χ0) is 22.7. The van der Waals surface area contributed by atoms with Crippen LogP contribution in [0.15, 0.2) is 54.3 Å². The van der Waals surface area contributed by atoms with Crippen LogP contribution in [-0.2, 0) is 0 Å². The Balaban J connectivity index is 1.56. The van der Waals surface area contributed by atoms with Crippen LogP contribution in [0.3, 0.4) is 0 Å². The number of nitrogens with two attached hydrogens (primary N) is 1. The van der Waals surface area contributed by atoms with Gasteiger partial charge in [-0.2, -0.15) is 0 Å². The molecular formula is C24H26ClN5O2. The number of carbonyl (C=O) groups excluding carboxylic acids is 1. The number of pyridine rings is 2. The van der Waals surface area contributed by atoms with Crippen LogP contribution < -0.4 is 10.5 Å². The second-order valence-electron chi connectivity index (χ2n) is 8.19. The van der Waals surface area contributed by atoms with Crippen molar-refractivity contribution in [3.8, 4) is 5.88 Å². The fourth-order valence-electron chi connectivity index (χ4n) is 4.08. The summed E-state index contributed by atoms with van der Waals surface area (Å²) in [6.45, 7) is 6.94. The highest BCUT2D eigenvalue weighted by Crippen LogP contribution is 2.47. The number of fused-ring (bicyclic) bond motifs is 1. The van der Waals surface area contributed by atoms with Crippen LogP contribution in [0.4, 0.5) is 0 Å². The lowest BCUT2D eigenvalue weighted by Crippen LogP contribution is -2.48. The van der Waals surface area contributed by atoms with Crippen LogP contribution in [0.5, 0.6) is 5.88 Å². The average molecular weight is 452 g/mol. The maximum atomic E-state index is 13.7. The Bertz CT molecular complexity index is 1070. The van der Waals surface area contributed by atoms with Gasteiger partial charge in [0, 0.05) is 36.3 Å². The van der Waals surface area contributed by atoms with Crippen molar-refractivity contribution in [1.29, 1.82) is 0 Å². The van der Waals surface area contributed by atoms with E-state index in [1.165, 1.54) is 6.20 Å². The molecule has 3 heterocycles. The van der Waals surface area contributed by atoms with E-state index in [1.54, 1.807) is 30.6 Å². The van der Waals surface area contributed by atoms with Gasteiger partial charge < -0.3 is 15.4 Å². The number of allylic oxidation sites excluding steroid dienone is 1. The predicted octanol–water partition coefficient (Wildman–Crippen LogP) is 3.88. The Morgan fingerprint density at radius 3 is 2.94 bits per heavy atom. The molecule has 2 aromatic rings. The molecule has 2 aromatic heterocycles. The number of piperidine rings is 1. The van der Waals surface area contributed by atoms with Crippen molar-refractivity contribution in [2.75, 3.05) is 13.2 Å². The minimum atomic E-state index is -0.127. The van der Waals surface area contributed by atoms with E-state index < -0.39 is 0 Å². The van der Waals surface area contributed by atoms with E-state index in [2.05, 4.69) is 21.5 Å². The number of rotatable bonds is 7. The Labute approximate surface area is 192 Å². The van der Waals surface area contributed by atoms with Crippen molar-refractivity contribution in [3.63, 3.8) is 0 Å². The maximum Gasteiger partial charge on any atom is 0.273 e. The molecule has 0 aromatic carbocycles. The molecule has 4 rings (SSSR count). The quantitative estimate of drug-likeness (QED) is 0.644. The summed E-state index contributed by atoms with van der Waals surface area (Å²) in [7, 11) is 0. The van der Waals surface area contributed by atoms with Crippen molar-refractivity contribution < 1.29 is 9.53 Å². The molecular weight excluding hydrogens is 426 g/mol. The molecule has 1 saturated heterocycles. The van der Waals surface area contributed by atoms with Gasteiger partial charge in [0.15, 0.2) is 0 Å². The van der Waals surface area contributed by atoms with E-state index >= 15 is 0 Å². The molecule has 8 heteroatoms. The molecule has 2 aliphatic rings. The van der Waals surface area contributed by atoms with Crippen molar-refractivity contribution >= 4 is 29.4 Å². The van der Waals surface area contributed by atoms with E-state index in [4.69, 9.17) is 22.1 Å². The van der Waals surface area contributed by atoms with E-state index in [-0.39, 0.29) is 11.9 Å². The van der Waals surface area contributed by atoms with Crippen LogP contribution in [0, 0.1) is 18.8 Å². The number of aliphatic imine (C=N–C) groups is 1.